The molecule has 13 heteroatoms. The second-order valence-electron chi connectivity index (χ2n) is 7.56. The van der Waals surface area contributed by atoms with E-state index < -0.39 is 49.7 Å². The molecule has 1 heterocycles. The fraction of sp³-hybridized carbons (Fsp3) is 0.556. The number of carbonyl (C=O) groups is 2. The number of carbonyl (C=O) groups excluding carboxylic acids is 2. The Morgan fingerprint density at radius 3 is 2.26 bits per heavy atom. The molecule has 0 saturated carbocycles. The lowest BCUT2D eigenvalue weighted by Crippen LogP contribution is -2.56. The summed E-state index contributed by atoms with van der Waals surface area (Å²) in [7, 11) is -4.22. The van der Waals surface area contributed by atoms with Gasteiger partial charge >= 0.3 is 12.2 Å². The van der Waals surface area contributed by atoms with E-state index in [1.807, 2.05) is 13.8 Å². The van der Waals surface area contributed by atoms with Crippen LogP contribution in [0.15, 0.2) is 23.1 Å². The zero-order valence-electron chi connectivity index (χ0n) is 16.9. The van der Waals surface area contributed by atoms with Crippen LogP contribution in [0.3, 0.4) is 0 Å². The van der Waals surface area contributed by atoms with E-state index in [1.54, 1.807) is 0 Å². The topological polar surface area (TPSA) is 113 Å². The second kappa shape index (κ2) is 9.61. The first-order valence-corrected chi connectivity index (χ1v) is 11.3. The third-order valence-corrected chi connectivity index (χ3v) is 6.98. The van der Waals surface area contributed by atoms with Gasteiger partial charge in [-0.3, -0.25) is 4.79 Å². The Morgan fingerprint density at radius 1 is 1.19 bits per heavy atom. The van der Waals surface area contributed by atoms with Crippen molar-refractivity contribution < 1.29 is 31.2 Å². The molecule has 3 amide bonds. The van der Waals surface area contributed by atoms with Crippen LogP contribution in [0.1, 0.15) is 25.8 Å². The van der Waals surface area contributed by atoms with Crippen molar-refractivity contribution in [2.75, 3.05) is 26.2 Å². The molecule has 1 aliphatic heterocycles. The van der Waals surface area contributed by atoms with Crippen molar-refractivity contribution >= 4 is 33.6 Å². The van der Waals surface area contributed by atoms with Crippen LogP contribution in [0.5, 0.6) is 0 Å². The van der Waals surface area contributed by atoms with Gasteiger partial charge in [0.2, 0.25) is 15.9 Å². The molecule has 0 bridgehead atoms. The Hall–Kier alpha value is -2.05. The Labute approximate surface area is 183 Å². The normalized spacial score (nSPS) is 16.9. The van der Waals surface area contributed by atoms with Gasteiger partial charge in [0, 0.05) is 26.2 Å². The molecule has 1 aromatic carbocycles. The molecule has 0 spiro atoms. The smallest absolute Gasteiger partial charge is 0.352 e. The number of benzene rings is 1. The van der Waals surface area contributed by atoms with Crippen molar-refractivity contribution in [3.63, 3.8) is 0 Å². The van der Waals surface area contributed by atoms with Crippen LogP contribution in [-0.4, -0.2) is 61.8 Å². The highest BCUT2D eigenvalue weighted by molar-refractivity contribution is 7.89. The van der Waals surface area contributed by atoms with E-state index in [2.05, 4.69) is 5.32 Å². The summed E-state index contributed by atoms with van der Waals surface area (Å²) in [5.74, 6) is -0.300. The zero-order valence-corrected chi connectivity index (χ0v) is 18.5. The molecule has 1 fully saturated rings. The number of nitrogens with two attached hydrogens (primary N) is 1. The molecule has 1 saturated heterocycles. The highest BCUT2D eigenvalue weighted by Crippen LogP contribution is 2.36. The van der Waals surface area contributed by atoms with Crippen molar-refractivity contribution in [2.24, 2.45) is 11.7 Å². The van der Waals surface area contributed by atoms with Crippen molar-refractivity contribution in [3.05, 3.63) is 28.8 Å². The molecule has 0 radical (unpaired) electrons. The molecule has 1 atom stereocenters. The summed E-state index contributed by atoms with van der Waals surface area (Å²) in [6, 6.07) is 0.725. The molecular weight excluding hydrogens is 461 g/mol. The molecule has 8 nitrogen and oxygen atoms in total. The van der Waals surface area contributed by atoms with Crippen LogP contribution in [0, 0.1) is 5.92 Å². The number of nitrogens with zero attached hydrogens (tertiary/aromatic N) is 2. The Bertz CT molecular complexity index is 932. The average molecular weight is 485 g/mol. The van der Waals surface area contributed by atoms with Crippen molar-refractivity contribution in [3.8, 4) is 0 Å². The highest BCUT2D eigenvalue weighted by atomic mass is 35.5. The number of piperazine rings is 1. The minimum absolute atomic E-state index is 0.0207. The van der Waals surface area contributed by atoms with Crippen LogP contribution >= 0.6 is 11.6 Å². The minimum Gasteiger partial charge on any atom is -0.352 e. The highest BCUT2D eigenvalue weighted by Gasteiger charge is 2.37. The van der Waals surface area contributed by atoms with Crippen molar-refractivity contribution in [2.45, 2.75) is 37.4 Å². The summed E-state index contributed by atoms with van der Waals surface area (Å²) in [5, 5.41) is 1.80. The molecule has 1 aromatic rings. The fourth-order valence-electron chi connectivity index (χ4n) is 3.26. The maximum absolute atomic E-state index is 13.1. The fourth-order valence-corrected chi connectivity index (χ4v) is 4.94. The number of sulfonamides is 1. The van der Waals surface area contributed by atoms with E-state index in [9.17, 15) is 31.2 Å². The van der Waals surface area contributed by atoms with Gasteiger partial charge in [-0.25, -0.2) is 13.2 Å². The number of hydrogen-bond donors (Lipinski definition) is 2. The van der Waals surface area contributed by atoms with Crippen LogP contribution in [0.2, 0.25) is 5.02 Å². The van der Waals surface area contributed by atoms with Gasteiger partial charge in [-0.15, -0.1) is 0 Å². The van der Waals surface area contributed by atoms with Crippen LogP contribution in [0.25, 0.3) is 0 Å². The van der Waals surface area contributed by atoms with Gasteiger partial charge in [0.05, 0.1) is 15.5 Å². The van der Waals surface area contributed by atoms with Gasteiger partial charge in [0.15, 0.2) is 0 Å². The maximum atomic E-state index is 13.1. The van der Waals surface area contributed by atoms with E-state index in [4.69, 9.17) is 17.3 Å². The first kappa shape index (κ1) is 25.2. The summed E-state index contributed by atoms with van der Waals surface area (Å²) in [6.07, 6.45) is -4.45. The van der Waals surface area contributed by atoms with E-state index >= 15 is 0 Å². The van der Waals surface area contributed by atoms with Gasteiger partial charge in [-0.1, -0.05) is 25.4 Å². The number of halogens is 4. The first-order valence-electron chi connectivity index (χ1n) is 9.45. The summed E-state index contributed by atoms with van der Waals surface area (Å²) >= 11 is 5.56. The van der Waals surface area contributed by atoms with Gasteiger partial charge < -0.3 is 16.0 Å². The second-order valence-corrected chi connectivity index (χ2v) is 9.90. The van der Waals surface area contributed by atoms with Crippen molar-refractivity contribution in [1.82, 2.24) is 14.5 Å². The van der Waals surface area contributed by atoms with Crippen LogP contribution < -0.4 is 11.1 Å². The monoisotopic (exact) mass is 484 g/mol. The zero-order chi connectivity index (χ0) is 23.6. The number of alkyl halides is 3. The van der Waals surface area contributed by atoms with E-state index in [0.29, 0.717) is 12.5 Å². The number of amides is 3. The summed E-state index contributed by atoms with van der Waals surface area (Å²) in [5.41, 5.74) is 3.90. The molecule has 1 aliphatic rings. The predicted molar refractivity (Wildman–Crippen MR) is 108 cm³/mol. The van der Waals surface area contributed by atoms with E-state index in [1.165, 1.54) is 4.90 Å². The van der Waals surface area contributed by atoms with E-state index in [-0.39, 0.29) is 32.1 Å². The Kier molecular flexibility index (Phi) is 7.82. The minimum atomic E-state index is -4.80. The summed E-state index contributed by atoms with van der Waals surface area (Å²) in [4.78, 5) is 24.8. The van der Waals surface area contributed by atoms with Crippen LogP contribution in [-0.2, 0) is 21.0 Å². The molecule has 0 unspecified atom stereocenters. The van der Waals surface area contributed by atoms with Gasteiger partial charge in [-0.05, 0) is 30.5 Å². The van der Waals surface area contributed by atoms with E-state index in [0.717, 1.165) is 16.4 Å². The lowest BCUT2D eigenvalue weighted by molar-refractivity contribution is -0.137. The number of nitrogens with one attached hydrogen (secondary N) is 1. The van der Waals surface area contributed by atoms with Gasteiger partial charge in [0.25, 0.3) is 0 Å². The van der Waals surface area contributed by atoms with Gasteiger partial charge in [0.1, 0.15) is 6.04 Å². The van der Waals surface area contributed by atoms with Crippen molar-refractivity contribution in [1.29, 1.82) is 0 Å². The third kappa shape index (κ3) is 6.23. The largest absolute Gasteiger partial charge is 0.417 e. The molecule has 0 aliphatic carbocycles. The molecular formula is C18H24ClF3N4O4S. The molecule has 2 rings (SSSR count). The lowest BCUT2D eigenvalue weighted by Gasteiger charge is -2.36. The number of urea groups is 1. The molecule has 174 valence electrons. The molecule has 31 heavy (non-hydrogen) atoms. The standard InChI is InChI=1S/C18H24ClF3N4O4S/c1-11(2)9-15(24-17(23)28)16(27)25-5-7-26(8-6-25)31(29,30)12-3-4-14(19)13(10-12)18(20,21)22/h3-4,10-11,15H,5-9H2,1-2H3,(H3,23,24,28)/t15-/m0/s1. The number of primary amides is 1. The SMILES string of the molecule is CC(C)C[C@H](NC(N)=O)C(=O)N1CCN(S(=O)(=O)c2ccc(Cl)c(C(F)(F)F)c2)CC1. The Morgan fingerprint density at radius 2 is 1.77 bits per heavy atom. The van der Waals surface area contributed by atoms with Crippen LogP contribution in [0.4, 0.5) is 18.0 Å². The Balaban J connectivity index is 2.14. The number of rotatable bonds is 6. The summed E-state index contributed by atoms with van der Waals surface area (Å²) in [6.45, 7) is 3.56. The third-order valence-electron chi connectivity index (χ3n) is 4.75. The maximum Gasteiger partial charge on any atom is 0.417 e. The summed E-state index contributed by atoms with van der Waals surface area (Å²) < 4.78 is 65.9. The predicted octanol–water partition coefficient (Wildman–Crippen LogP) is 2.27. The molecule has 0 aromatic heterocycles. The quantitative estimate of drug-likeness (QED) is 0.644. The molecule has 3 N–H and O–H groups in total. The average Bonchev–Trinajstić information content (AvgIpc) is 2.65. The number of hydrogen-bond acceptors (Lipinski definition) is 4. The lowest BCUT2D eigenvalue weighted by atomic mass is 10.0. The first-order chi connectivity index (χ1) is 14.2. The van der Waals surface area contributed by atoms with Gasteiger partial charge in [-0.2, -0.15) is 17.5 Å².